The molecule has 0 atom stereocenters. The van der Waals surface area contributed by atoms with Gasteiger partial charge in [0.1, 0.15) is 12.5 Å². The van der Waals surface area contributed by atoms with Crippen molar-refractivity contribution in [1.29, 1.82) is 0 Å². The number of benzene rings is 8. The van der Waals surface area contributed by atoms with E-state index in [4.69, 9.17) is 20.6 Å². The Balaban J connectivity index is 1.14. The first-order chi connectivity index (χ1) is 37.9. The lowest BCUT2D eigenvalue weighted by Gasteiger charge is -2.28. The second-order valence-corrected chi connectivity index (χ2v) is 14.0. The van der Waals surface area contributed by atoms with Gasteiger partial charge in [-0.3, -0.25) is 4.57 Å². The van der Waals surface area contributed by atoms with E-state index in [0.717, 1.165) is 0 Å². The lowest BCUT2D eigenvalue weighted by Crippen LogP contribution is -2.25. The fourth-order valence-corrected chi connectivity index (χ4v) is 7.91. The first-order valence-electron chi connectivity index (χ1n) is 28.4. The third kappa shape index (κ3) is 6.23. The number of alkyl halides is 2. The summed E-state index contributed by atoms with van der Waals surface area (Å²) < 4.78 is 203. The van der Waals surface area contributed by atoms with Gasteiger partial charge in [-0.1, -0.05) is 151 Å². The summed E-state index contributed by atoms with van der Waals surface area (Å²) in [5, 5.41) is 0.381. The molecule has 0 aliphatic carbocycles. The highest BCUT2D eigenvalue weighted by atomic mass is 19.3. The number of para-hydroxylation sites is 3. The minimum atomic E-state index is -3.77. The largest absolute Gasteiger partial charge is 0.321 e. The lowest BCUT2D eigenvalue weighted by atomic mass is 9.90. The van der Waals surface area contributed by atoms with Crippen LogP contribution in [0.25, 0.3) is 61.0 Å². The molecule has 0 spiro atoms. The number of rotatable bonds is 8. The van der Waals surface area contributed by atoms with Gasteiger partial charge in [0.15, 0.2) is 0 Å². The fourth-order valence-electron chi connectivity index (χ4n) is 7.91. The number of pyridine rings is 1. The van der Waals surface area contributed by atoms with E-state index in [2.05, 4.69) is 4.98 Å². The van der Waals surface area contributed by atoms with Crippen molar-refractivity contribution in [3.05, 3.63) is 229 Å². The van der Waals surface area contributed by atoms with Crippen molar-refractivity contribution in [2.24, 2.45) is 0 Å². The molecular weight excluding hydrogens is 755 g/mol. The van der Waals surface area contributed by atoms with Crippen LogP contribution in [0, 0.1) is 0 Å². The Hall–Kier alpha value is -7.83. The highest BCUT2D eigenvalue weighted by Gasteiger charge is 2.37. The lowest BCUT2D eigenvalue weighted by molar-refractivity contribution is 0.0430. The molecule has 0 fully saturated rings. The highest BCUT2D eigenvalue weighted by Crippen LogP contribution is 2.52. The van der Waals surface area contributed by atoms with Crippen LogP contribution in [0.3, 0.4) is 0 Å². The van der Waals surface area contributed by atoms with Crippen LogP contribution >= 0.6 is 0 Å². The number of hydrogen-bond donors (Lipinski definition) is 0. The van der Waals surface area contributed by atoms with Crippen molar-refractivity contribution in [2.75, 3.05) is 16.5 Å². The van der Waals surface area contributed by atoms with Crippen LogP contribution in [0.15, 0.2) is 218 Å². The van der Waals surface area contributed by atoms with Gasteiger partial charge in [-0.2, -0.15) is 8.78 Å². The number of anilines is 4. The van der Waals surface area contributed by atoms with Crippen molar-refractivity contribution in [1.82, 2.24) is 9.55 Å². The molecule has 3 heterocycles. The maximum absolute atomic E-state index is 17.5. The molecule has 0 saturated heterocycles. The number of halogens is 2. The molecule has 0 N–H and O–H groups in total. The Morgan fingerprint density at radius 1 is 0.492 bits per heavy atom. The van der Waals surface area contributed by atoms with E-state index in [-0.39, 0.29) is 68.4 Å². The van der Waals surface area contributed by atoms with Gasteiger partial charge in [-0.15, -0.1) is 0 Å². The van der Waals surface area contributed by atoms with Crippen LogP contribution in [-0.4, -0.2) is 16.2 Å². The third-order valence-corrected chi connectivity index (χ3v) is 10.6. The van der Waals surface area contributed by atoms with Gasteiger partial charge in [0, 0.05) is 44.9 Å². The summed E-state index contributed by atoms with van der Waals surface area (Å²) in [6.07, 6.45) is 1.47. The van der Waals surface area contributed by atoms with Crippen LogP contribution in [0.4, 0.5) is 31.5 Å². The SMILES string of the molecule is [2H]c1c([2H])c([2H])c(-c2cc(-c3c([2H])c([2H])c([2H])c([2H])c3[2H])c(N3CN(c4cccc(C(F)(F)c5ccc6c7c([2H])c([2H])c([2H])c([2H])c7n(-c7ccccn7)c6c5)c4)c4ccccc43)c(-c3c([2H])c([2H])c([2H])c([2H])c3[2H])c2)c([2H])c1[2H]. The highest BCUT2D eigenvalue weighted by molar-refractivity contribution is 6.09. The predicted octanol–water partition coefficient (Wildman–Crippen LogP) is 14.6. The molecule has 8 aromatic carbocycles. The van der Waals surface area contributed by atoms with Crippen LogP contribution in [0.5, 0.6) is 0 Å². The first kappa shape index (κ1) is 21.4. The van der Waals surface area contributed by atoms with Crippen LogP contribution in [0.1, 0.15) is 37.2 Å². The summed E-state index contributed by atoms with van der Waals surface area (Å²) >= 11 is 0. The Kier molecular flexibility index (Phi) is 5.19. The van der Waals surface area contributed by atoms with Gasteiger partial charge in [0.05, 0.1) is 54.1 Å². The summed E-state index contributed by atoms with van der Waals surface area (Å²) in [4.78, 5) is 7.58. The predicted molar refractivity (Wildman–Crippen MR) is 246 cm³/mol. The first-order valence-corrected chi connectivity index (χ1v) is 18.9. The minimum absolute atomic E-state index is 0.0394. The summed E-state index contributed by atoms with van der Waals surface area (Å²) in [6, 6.07) is 10.1. The van der Waals surface area contributed by atoms with Gasteiger partial charge >= 0.3 is 0 Å². The van der Waals surface area contributed by atoms with Crippen molar-refractivity contribution < 1.29 is 34.8 Å². The van der Waals surface area contributed by atoms with Crippen LogP contribution < -0.4 is 9.80 Å². The number of hydrogen-bond acceptors (Lipinski definition) is 3. The Bertz CT molecular complexity index is 4170. The van der Waals surface area contributed by atoms with Gasteiger partial charge in [-0.05, 0) is 82.9 Å². The zero-order chi connectivity index (χ0) is 57.5. The molecular formula is C55H38F2N4. The maximum Gasteiger partial charge on any atom is 0.298 e. The maximum atomic E-state index is 17.5. The Labute approximate surface area is 379 Å². The molecule has 0 saturated carbocycles. The van der Waals surface area contributed by atoms with E-state index in [1.165, 1.54) is 59.3 Å². The van der Waals surface area contributed by atoms with E-state index >= 15 is 8.78 Å². The zero-order valence-electron chi connectivity index (χ0n) is 50.6. The standard InChI is InChI=1S/C55H38F2N4/c56-55(57,43-30-31-46-45-25-10-11-26-49(45)61(52(46)36-43)53-29-14-15-32-58-53)42-23-16-24-44(35-42)59-37-60(51-28-13-12-27-50(51)59)54-47(39-19-6-2-7-20-39)33-41(38-17-4-1-5-18-38)34-48(54)40-21-8-3-9-22-40/h1-36H,37H2/i1D,2D,3D,4D,5D,6D,7D,8D,9D,10D,11D,17D,18D,19D,20D,21D,22D,25D,26D. The molecule has 1 aliphatic rings. The van der Waals surface area contributed by atoms with Crippen LogP contribution in [-0.2, 0) is 5.92 Å². The quantitative estimate of drug-likeness (QED) is 0.153. The number of nitrogens with zero attached hydrogens (tertiary/aromatic N) is 4. The smallest absolute Gasteiger partial charge is 0.298 e. The summed E-state index contributed by atoms with van der Waals surface area (Å²) in [5.41, 5.74) is -2.22. The molecule has 2 aromatic heterocycles. The molecule has 11 rings (SSSR count). The molecule has 292 valence electrons. The second kappa shape index (κ2) is 14.8. The molecule has 0 radical (unpaired) electrons. The van der Waals surface area contributed by atoms with Crippen molar-refractivity contribution in [3.63, 3.8) is 0 Å². The van der Waals surface area contributed by atoms with Crippen LogP contribution in [0.2, 0.25) is 0 Å². The van der Waals surface area contributed by atoms with Crippen molar-refractivity contribution in [3.8, 4) is 39.2 Å². The Morgan fingerprint density at radius 3 is 1.77 bits per heavy atom. The van der Waals surface area contributed by atoms with Gasteiger partial charge in [0.25, 0.3) is 5.92 Å². The van der Waals surface area contributed by atoms with E-state index in [9.17, 15) is 5.48 Å². The third-order valence-electron chi connectivity index (χ3n) is 10.6. The molecule has 4 nitrogen and oxygen atoms in total. The number of fused-ring (bicyclic) bond motifs is 4. The molecule has 1 aliphatic heterocycles. The zero-order valence-corrected chi connectivity index (χ0v) is 31.6. The molecule has 10 aromatic rings. The average molecular weight is 812 g/mol. The molecule has 0 bridgehead atoms. The van der Waals surface area contributed by atoms with E-state index in [0.29, 0.717) is 11.4 Å². The summed E-state index contributed by atoms with van der Waals surface area (Å²) in [6.45, 7) is -0.337. The topological polar surface area (TPSA) is 24.3 Å². The van der Waals surface area contributed by atoms with Crippen molar-refractivity contribution >= 4 is 44.6 Å². The minimum Gasteiger partial charge on any atom is -0.321 e. The fraction of sp³-hybridized carbons (Fsp3) is 0.0364. The summed E-state index contributed by atoms with van der Waals surface area (Å²) in [7, 11) is 0. The van der Waals surface area contributed by atoms with Crippen molar-refractivity contribution in [2.45, 2.75) is 5.92 Å². The summed E-state index contributed by atoms with van der Waals surface area (Å²) in [5.74, 6) is -3.56. The Morgan fingerprint density at radius 2 is 1.10 bits per heavy atom. The van der Waals surface area contributed by atoms with Gasteiger partial charge in [-0.25, -0.2) is 4.98 Å². The van der Waals surface area contributed by atoms with E-state index < -0.39 is 143 Å². The molecule has 61 heavy (non-hydrogen) atoms. The monoisotopic (exact) mass is 811 g/mol. The van der Waals surface area contributed by atoms with E-state index in [1.54, 1.807) is 58.3 Å². The number of aromatic nitrogens is 2. The van der Waals surface area contributed by atoms with E-state index in [1.807, 2.05) is 0 Å². The second-order valence-electron chi connectivity index (χ2n) is 14.0. The van der Waals surface area contributed by atoms with Gasteiger partial charge < -0.3 is 9.80 Å². The average Bonchev–Trinajstić information content (AvgIpc) is 4.02. The molecule has 6 heteroatoms. The normalized spacial score (nSPS) is 17.0. The van der Waals surface area contributed by atoms with Gasteiger partial charge in [0.2, 0.25) is 0 Å². The molecule has 0 unspecified atom stereocenters. The molecule has 0 amide bonds.